The molecule has 0 aromatic heterocycles. The zero-order valence-electron chi connectivity index (χ0n) is 16.8. The first-order valence-electron chi connectivity index (χ1n) is 9.16. The van der Waals surface area contributed by atoms with Gasteiger partial charge >= 0.3 is 18.0 Å². The molecule has 3 amide bonds. The van der Waals surface area contributed by atoms with E-state index in [-0.39, 0.29) is 6.42 Å². The number of aliphatic hydroxyl groups is 3. The summed E-state index contributed by atoms with van der Waals surface area (Å²) in [5, 5.41) is 54.7. The van der Waals surface area contributed by atoms with Crippen molar-refractivity contribution in [2.75, 3.05) is 18.6 Å². The van der Waals surface area contributed by atoms with E-state index in [1.165, 1.54) is 11.8 Å². The Balaban J connectivity index is 3.16. The van der Waals surface area contributed by atoms with E-state index in [0.29, 0.717) is 5.75 Å². The van der Waals surface area contributed by atoms with Crippen LogP contribution in [0.5, 0.6) is 0 Å². The quantitative estimate of drug-likeness (QED) is 0.159. The fraction of sp³-hybridized carbons (Fsp3) is 0.647. The minimum absolute atomic E-state index is 0.132. The summed E-state index contributed by atoms with van der Waals surface area (Å²) in [6.07, 6.45) is -2.25. The van der Waals surface area contributed by atoms with Gasteiger partial charge in [0.25, 0.3) is 0 Å². The molecule has 176 valence electrons. The largest absolute Gasteiger partial charge is 0.480 e. The number of nitrogens with one attached hydrogen (secondary N) is 3. The fourth-order valence-corrected chi connectivity index (χ4v) is 3.31. The van der Waals surface area contributed by atoms with E-state index in [9.17, 15) is 39.6 Å². The second-order valence-electron chi connectivity index (χ2n) is 6.70. The maximum atomic E-state index is 12.4. The lowest BCUT2D eigenvalue weighted by molar-refractivity contribution is -0.146. The summed E-state index contributed by atoms with van der Waals surface area (Å²) >= 11 is 1.38. The van der Waals surface area contributed by atoms with Gasteiger partial charge in [-0.05, 0) is 24.5 Å². The maximum Gasteiger partial charge on any atom is 0.370 e. The molecule has 0 saturated carbocycles. The minimum Gasteiger partial charge on any atom is -0.480 e. The Hall–Kier alpha value is -2.55. The van der Waals surface area contributed by atoms with Gasteiger partial charge in [-0.25, -0.2) is 14.4 Å². The summed E-state index contributed by atoms with van der Waals surface area (Å²) in [5.41, 5.74) is 0. The Labute approximate surface area is 181 Å². The van der Waals surface area contributed by atoms with E-state index in [0.717, 1.165) is 13.0 Å². The molecule has 0 radical (unpaired) electrons. The molecular weight excluding hydrogens is 438 g/mol. The first kappa shape index (κ1) is 26.5. The molecule has 0 spiro atoms. The van der Waals surface area contributed by atoms with Gasteiger partial charge < -0.3 is 46.2 Å². The Morgan fingerprint density at radius 2 is 1.84 bits per heavy atom. The lowest BCUT2D eigenvalue weighted by atomic mass is 9.92. The Morgan fingerprint density at radius 1 is 1.19 bits per heavy atom. The molecule has 0 aromatic carbocycles. The van der Waals surface area contributed by atoms with E-state index in [4.69, 9.17) is 9.84 Å². The van der Waals surface area contributed by atoms with Gasteiger partial charge in [0.1, 0.15) is 24.4 Å². The van der Waals surface area contributed by atoms with Gasteiger partial charge in [0, 0.05) is 6.92 Å². The van der Waals surface area contributed by atoms with Gasteiger partial charge in [-0.1, -0.05) is 0 Å². The van der Waals surface area contributed by atoms with Crippen LogP contribution in [-0.4, -0.2) is 104 Å². The number of hydrogen-bond acceptors (Lipinski definition) is 9. The number of amides is 3. The van der Waals surface area contributed by atoms with Crippen LogP contribution in [0, 0.1) is 0 Å². The standard InChI is InChI=1S/C17H27N3O10S/c1-7(22)18-12-9(20-17(29)19-8(15(25)26)3-4-31-2)5-11(16(27)28)30-14(12)13(24)10(23)6-21/h5,8-10,12-14,21,23-24H,3-4,6H2,1-2H3,(H,18,22)(H,25,26)(H,27,28)(H2,19,20,29)/t8-,9-,10+,12+,13+,14+/m0/s1. The van der Waals surface area contributed by atoms with E-state index >= 15 is 0 Å². The summed E-state index contributed by atoms with van der Waals surface area (Å²) in [6.45, 7) is 0.247. The van der Waals surface area contributed by atoms with Crippen LogP contribution in [0.15, 0.2) is 11.8 Å². The van der Waals surface area contributed by atoms with Crippen molar-refractivity contribution in [3.05, 3.63) is 11.8 Å². The van der Waals surface area contributed by atoms with Crippen LogP contribution in [0.3, 0.4) is 0 Å². The topological polar surface area (TPSA) is 215 Å². The van der Waals surface area contributed by atoms with Gasteiger partial charge in [-0.15, -0.1) is 0 Å². The van der Waals surface area contributed by atoms with E-state index in [2.05, 4.69) is 16.0 Å². The number of ether oxygens (including phenoxy) is 1. The molecule has 0 fully saturated rings. The van der Waals surface area contributed by atoms with Crippen LogP contribution in [0.2, 0.25) is 0 Å². The molecule has 1 aliphatic rings. The monoisotopic (exact) mass is 465 g/mol. The van der Waals surface area contributed by atoms with E-state index < -0.39 is 72.7 Å². The summed E-state index contributed by atoms with van der Waals surface area (Å²) in [7, 11) is 0. The molecule has 6 atom stereocenters. The van der Waals surface area contributed by atoms with Gasteiger partial charge in [0.05, 0.1) is 18.7 Å². The first-order valence-corrected chi connectivity index (χ1v) is 10.6. The summed E-state index contributed by atoms with van der Waals surface area (Å²) in [4.78, 5) is 46.8. The number of urea groups is 1. The fourth-order valence-electron chi connectivity index (χ4n) is 2.84. The lowest BCUT2D eigenvalue weighted by Crippen LogP contribution is -2.64. The van der Waals surface area contributed by atoms with Crippen LogP contribution < -0.4 is 16.0 Å². The second kappa shape index (κ2) is 12.3. The third kappa shape index (κ3) is 7.90. The van der Waals surface area contributed by atoms with E-state index in [1.807, 2.05) is 0 Å². The third-order valence-electron chi connectivity index (χ3n) is 4.35. The SMILES string of the molecule is CSCC[C@H](NC(=O)N[C@H]1C=C(C(=O)O)O[C@@H]([C@H](O)[C@H](O)CO)[C@@H]1NC(C)=O)C(=O)O. The minimum atomic E-state index is -1.83. The summed E-state index contributed by atoms with van der Waals surface area (Å²) in [6, 6.07) is -4.69. The number of thioether (sulfide) groups is 1. The number of rotatable bonds is 11. The molecule has 1 rings (SSSR count). The highest BCUT2D eigenvalue weighted by Gasteiger charge is 2.44. The highest BCUT2D eigenvalue weighted by Crippen LogP contribution is 2.23. The van der Waals surface area contributed by atoms with Crippen molar-refractivity contribution in [2.45, 2.75) is 49.8 Å². The molecule has 0 bridgehead atoms. The molecule has 31 heavy (non-hydrogen) atoms. The van der Waals surface area contributed by atoms with Crippen LogP contribution in [0.1, 0.15) is 13.3 Å². The molecule has 14 heteroatoms. The number of aliphatic carboxylic acids is 2. The molecule has 0 unspecified atom stereocenters. The van der Waals surface area contributed by atoms with Crippen molar-refractivity contribution in [1.82, 2.24) is 16.0 Å². The number of aliphatic hydroxyl groups excluding tert-OH is 3. The average molecular weight is 465 g/mol. The van der Waals surface area contributed by atoms with Crippen molar-refractivity contribution in [2.24, 2.45) is 0 Å². The van der Waals surface area contributed by atoms with Crippen molar-refractivity contribution in [3.63, 3.8) is 0 Å². The van der Waals surface area contributed by atoms with Gasteiger partial charge in [-0.3, -0.25) is 4.79 Å². The number of carbonyl (C=O) groups is 4. The normalized spacial score (nSPS) is 23.4. The second-order valence-corrected chi connectivity index (χ2v) is 7.69. The molecule has 8 N–H and O–H groups in total. The smallest absolute Gasteiger partial charge is 0.370 e. The van der Waals surface area contributed by atoms with Gasteiger partial charge in [-0.2, -0.15) is 11.8 Å². The van der Waals surface area contributed by atoms with Crippen LogP contribution in [-0.2, 0) is 19.1 Å². The van der Waals surface area contributed by atoms with E-state index in [1.54, 1.807) is 6.26 Å². The predicted molar refractivity (Wildman–Crippen MR) is 107 cm³/mol. The molecule has 13 nitrogen and oxygen atoms in total. The molecule has 1 aliphatic heterocycles. The maximum absolute atomic E-state index is 12.4. The average Bonchev–Trinajstić information content (AvgIpc) is 2.70. The van der Waals surface area contributed by atoms with Crippen LogP contribution in [0.25, 0.3) is 0 Å². The molecule has 0 aliphatic carbocycles. The number of carboxylic acid groups (broad SMARTS) is 2. The molecule has 0 aromatic rings. The number of carbonyl (C=O) groups excluding carboxylic acids is 2. The van der Waals surface area contributed by atoms with Crippen molar-refractivity contribution >= 4 is 35.6 Å². The van der Waals surface area contributed by atoms with Crippen LogP contribution >= 0.6 is 11.8 Å². The predicted octanol–water partition coefficient (Wildman–Crippen LogP) is -2.55. The zero-order chi connectivity index (χ0) is 23.7. The third-order valence-corrected chi connectivity index (χ3v) is 4.99. The Morgan fingerprint density at radius 3 is 2.32 bits per heavy atom. The Kier molecular flexibility index (Phi) is 10.5. The highest BCUT2D eigenvalue weighted by atomic mass is 32.2. The van der Waals surface area contributed by atoms with Crippen molar-refractivity contribution in [3.8, 4) is 0 Å². The summed E-state index contributed by atoms with van der Waals surface area (Å²) < 4.78 is 5.19. The summed E-state index contributed by atoms with van der Waals surface area (Å²) in [5.74, 6) is -3.66. The molecule has 0 saturated heterocycles. The number of carboxylic acids is 2. The zero-order valence-corrected chi connectivity index (χ0v) is 17.7. The molecular formula is C17H27N3O10S. The van der Waals surface area contributed by atoms with Crippen molar-refractivity contribution < 1.29 is 49.4 Å². The van der Waals surface area contributed by atoms with Crippen LogP contribution in [0.4, 0.5) is 4.79 Å². The van der Waals surface area contributed by atoms with Crippen molar-refractivity contribution in [1.29, 1.82) is 0 Å². The first-order chi connectivity index (χ1) is 14.5. The lowest BCUT2D eigenvalue weighted by Gasteiger charge is -2.40. The highest BCUT2D eigenvalue weighted by molar-refractivity contribution is 7.98. The number of hydrogen-bond donors (Lipinski definition) is 8. The Bertz CT molecular complexity index is 704. The van der Waals surface area contributed by atoms with Gasteiger partial charge in [0.2, 0.25) is 11.7 Å². The molecule has 1 heterocycles. The van der Waals surface area contributed by atoms with Gasteiger partial charge in [0.15, 0.2) is 0 Å².